The Balaban J connectivity index is 1.74. The smallest absolute Gasteiger partial charge is 0.319 e. The number of carbonyl (C=O) groups is 1. The number of halogens is 2. The number of benzene rings is 2. The van der Waals surface area contributed by atoms with Crippen LogP contribution in [0.4, 0.5) is 10.5 Å². The zero-order valence-electron chi connectivity index (χ0n) is 14.5. The third kappa shape index (κ3) is 6.00. The van der Waals surface area contributed by atoms with Crippen LogP contribution in [0, 0.1) is 0 Å². The molecule has 0 bridgehead atoms. The van der Waals surface area contributed by atoms with Gasteiger partial charge in [-0.2, -0.15) is 0 Å². The molecule has 0 saturated heterocycles. The topological polar surface area (TPSA) is 68.8 Å². The van der Waals surface area contributed by atoms with Crippen LogP contribution in [0.3, 0.4) is 0 Å². The number of rotatable bonds is 8. The van der Waals surface area contributed by atoms with Crippen molar-refractivity contribution in [2.24, 2.45) is 0 Å². The second-order valence-corrected chi connectivity index (χ2v) is 6.55. The zero-order chi connectivity index (χ0) is 18.9. The average Bonchev–Trinajstić information content (AvgIpc) is 2.63. The van der Waals surface area contributed by atoms with Gasteiger partial charge >= 0.3 is 6.03 Å². The molecule has 0 fully saturated rings. The SMILES string of the molecule is COc1ccc(NC(=O)NCCCOc2ccc(Br)cc2Cl)c(OC)c1. The summed E-state index contributed by atoms with van der Waals surface area (Å²) in [7, 11) is 3.10. The highest BCUT2D eigenvalue weighted by atomic mass is 79.9. The fraction of sp³-hybridized carbons (Fsp3) is 0.278. The first-order chi connectivity index (χ1) is 12.5. The summed E-state index contributed by atoms with van der Waals surface area (Å²) in [5, 5.41) is 6.04. The van der Waals surface area contributed by atoms with E-state index in [1.165, 1.54) is 7.11 Å². The molecule has 8 heteroatoms. The molecule has 0 atom stereocenters. The molecule has 2 aromatic carbocycles. The first-order valence-corrected chi connectivity index (χ1v) is 9.05. The molecule has 0 spiro atoms. The van der Waals surface area contributed by atoms with Crippen molar-refractivity contribution in [3.05, 3.63) is 45.9 Å². The van der Waals surface area contributed by atoms with Crippen molar-refractivity contribution in [1.82, 2.24) is 5.32 Å². The summed E-state index contributed by atoms with van der Waals surface area (Å²) in [4.78, 5) is 12.0. The van der Waals surface area contributed by atoms with Gasteiger partial charge in [0, 0.05) is 17.1 Å². The third-order valence-electron chi connectivity index (χ3n) is 3.42. The van der Waals surface area contributed by atoms with E-state index in [1.54, 1.807) is 37.4 Å². The maximum absolute atomic E-state index is 12.0. The van der Waals surface area contributed by atoms with E-state index in [0.717, 1.165) is 4.47 Å². The minimum Gasteiger partial charge on any atom is -0.497 e. The Kier molecular flexibility index (Phi) is 7.87. The molecule has 6 nitrogen and oxygen atoms in total. The Morgan fingerprint density at radius 1 is 1.12 bits per heavy atom. The molecule has 0 saturated carbocycles. The largest absolute Gasteiger partial charge is 0.497 e. The Bertz CT molecular complexity index is 758. The number of nitrogens with one attached hydrogen (secondary N) is 2. The number of anilines is 1. The molecule has 0 heterocycles. The van der Waals surface area contributed by atoms with Gasteiger partial charge in [-0.25, -0.2) is 4.79 Å². The van der Waals surface area contributed by atoms with Gasteiger partial charge < -0.3 is 24.8 Å². The summed E-state index contributed by atoms with van der Waals surface area (Å²) < 4.78 is 16.9. The van der Waals surface area contributed by atoms with Gasteiger partial charge in [-0.05, 0) is 36.8 Å². The number of hydrogen-bond donors (Lipinski definition) is 2. The monoisotopic (exact) mass is 442 g/mol. The lowest BCUT2D eigenvalue weighted by Crippen LogP contribution is -2.30. The summed E-state index contributed by atoms with van der Waals surface area (Å²) in [5.41, 5.74) is 0.559. The van der Waals surface area contributed by atoms with Crippen LogP contribution in [0.15, 0.2) is 40.9 Å². The van der Waals surface area contributed by atoms with Crippen molar-refractivity contribution in [2.75, 3.05) is 32.7 Å². The maximum atomic E-state index is 12.0. The molecule has 0 aromatic heterocycles. The molecule has 2 aromatic rings. The fourth-order valence-corrected chi connectivity index (χ4v) is 2.84. The highest BCUT2D eigenvalue weighted by Crippen LogP contribution is 2.29. The van der Waals surface area contributed by atoms with Gasteiger partial charge in [0.2, 0.25) is 0 Å². The van der Waals surface area contributed by atoms with Gasteiger partial charge in [0.1, 0.15) is 17.2 Å². The van der Waals surface area contributed by atoms with Crippen molar-refractivity contribution < 1.29 is 19.0 Å². The Hall–Kier alpha value is -2.12. The number of ether oxygens (including phenoxy) is 3. The molecule has 26 heavy (non-hydrogen) atoms. The van der Waals surface area contributed by atoms with Crippen LogP contribution in [0.2, 0.25) is 5.02 Å². The number of methoxy groups -OCH3 is 2. The van der Waals surface area contributed by atoms with Crippen LogP contribution in [0.25, 0.3) is 0 Å². The van der Waals surface area contributed by atoms with E-state index >= 15 is 0 Å². The molecule has 140 valence electrons. The quantitative estimate of drug-likeness (QED) is 0.580. The molecule has 0 aliphatic rings. The second-order valence-electron chi connectivity index (χ2n) is 5.22. The highest BCUT2D eigenvalue weighted by Gasteiger charge is 2.08. The van der Waals surface area contributed by atoms with E-state index in [4.69, 9.17) is 25.8 Å². The molecule has 2 N–H and O–H groups in total. The predicted octanol–water partition coefficient (Wildman–Crippen LogP) is 4.71. The van der Waals surface area contributed by atoms with Gasteiger partial charge in [0.15, 0.2) is 0 Å². The Morgan fingerprint density at radius 2 is 1.92 bits per heavy atom. The molecule has 0 aliphatic heterocycles. The molecule has 0 unspecified atom stereocenters. The van der Waals surface area contributed by atoms with E-state index in [1.807, 2.05) is 6.07 Å². The van der Waals surface area contributed by atoms with Gasteiger partial charge in [0.05, 0.1) is 31.5 Å². The van der Waals surface area contributed by atoms with Gasteiger partial charge in [0.25, 0.3) is 0 Å². The summed E-state index contributed by atoms with van der Waals surface area (Å²) >= 11 is 9.42. The maximum Gasteiger partial charge on any atom is 0.319 e. The standard InChI is InChI=1S/C18H20BrClN2O4/c1-24-13-5-6-15(17(11-13)25-2)22-18(23)21-8-3-9-26-16-7-4-12(19)10-14(16)20/h4-7,10-11H,3,8-9H2,1-2H3,(H2,21,22,23). The second kappa shape index (κ2) is 10.1. The third-order valence-corrected chi connectivity index (χ3v) is 4.20. The van der Waals surface area contributed by atoms with Crippen molar-refractivity contribution >= 4 is 39.2 Å². The lowest BCUT2D eigenvalue weighted by molar-refractivity contribution is 0.250. The van der Waals surface area contributed by atoms with Crippen molar-refractivity contribution in [3.8, 4) is 17.2 Å². The summed E-state index contributed by atoms with van der Waals surface area (Å²) in [6.45, 7) is 0.895. The van der Waals surface area contributed by atoms with Crippen LogP contribution in [0.1, 0.15) is 6.42 Å². The number of urea groups is 1. The predicted molar refractivity (Wildman–Crippen MR) is 106 cm³/mol. The molecular weight excluding hydrogens is 424 g/mol. The molecule has 0 aliphatic carbocycles. The number of carbonyl (C=O) groups excluding carboxylic acids is 1. The van der Waals surface area contributed by atoms with Crippen LogP contribution in [0.5, 0.6) is 17.2 Å². The summed E-state index contributed by atoms with van der Waals surface area (Å²) in [5.74, 6) is 1.78. The van der Waals surface area contributed by atoms with Gasteiger partial charge in [-0.3, -0.25) is 0 Å². The Labute approximate surface area is 165 Å². The van der Waals surface area contributed by atoms with Crippen molar-refractivity contribution in [1.29, 1.82) is 0 Å². The minimum absolute atomic E-state index is 0.324. The van der Waals surface area contributed by atoms with Crippen LogP contribution in [-0.2, 0) is 0 Å². The van der Waals surface area contributed by atoms with Crippen molar-refractivity contribution in [2.45, 2.75) is 6.42 Å². The van der Waals surface area contributed by atoms with Crippen LogP contribution >= 0.6 is 27.5 Å². The molecular formula is C18H20BrClN2O4. The first-order valence-electron chi connectivity index (χ1n) is 7.88. The molecule has 2 amide bonds. The summed E-state index contributed by atoms with van der Waals surface area (Å²) in [6, 6.07) is 10.3. The average molecular weight is 444 g/mol. The van der Waals surface area contributed by atoms with Crippen molar-refractivity contribution in [3.63, 3.8) is 0 Å². The lowest BCUT2D eigenvalue weighted by Gasteiger charge is -2.12. The molecule has 2 rings (SSSR count). The van der Waals surface area contributed by atoms with E-state index in [2.05, 4.69) is 26.6 Å². The summed E-state index contributed by atoms with van der Waals surface area (Å²) in [6.07, 6.45) is 0.638. The van der Waals surface area contributed by atoms with Crippen LogP contribution < -0.4 is 24.8 Å². The first kappa shape index (κ1) is 20.2. The molecule has 0 radical (unpaired) electrons. The van der Waals surface area contributed by atoms with E-state index in [-0.39, 0.29) is 6.03 Å². The van der Waals surface area contributed by atoms with Gasteiger partial charge in [-0.15, -0.1) is 0 Å². The minimum atomic E-state index is -0.324. The highest BCUT2D eigenvalue weighted by molar-refractivity contribution is 9.10. The lowest BCUT2D eigenvalue weighted by atomic mass is 10.2. The normalized spacial score (nSPS) is 10.2. The van der Waals surface area contributed by atoms with E-state index < -0.39 is 0 Å². The number of amides is 2. The zero-order valence-corrected chi connectivity index (χ0v) is 16.8. The van der Waals surface area contributed by atoms with E-state index in [9.17, 15) is 4.79 Å². The van der Waals surface area contributed by atoms with E-state index in [0.29, 0.717) is 47.5 Å². The van der Waals surface area contributed by atoms with Crippen LogP contribution in [-0.4, -0.2) is 33.4 Å². The Morgan fingerprint density at radius 3 is 2.62 bits per heavy atom. The fourth-order valence-electron chi connectivity index (χ4n) is 2.12. The number of hydrogen-bond acceptors (Lipinski definition) is 4. The van der Waals surface area contributed by atoms with Gasteiger partial charge in [-0.1, -0.05) is 27.5 Å².